The second kappa shape index (κ2) is 9.33. The van der Waals surface area contributed by atoms with Gasteiger partial charge in [0.1, 0.15) is 5.75 Å². The van der Waals surface area contributed by atoms with Crippen molar-refractivity contribution in [3.8, 4) is 28.5 Å². The molecule has 1 fully saturated rings. The summed E-state index contributed by atoms with van der Waals surface area (Å²) >= 11 is 12.0. The van der Waals surface area contributed by atoms with E-state index in [4.69, 9.17) is 37.4 Å². The summed E-state index contributed by atoms with van der Waals surface area (Å²) in [6.07, 6.45) is 0. The molecule has 0 N–H and O–H groups in total. The Hall–Kier alpha value is -3.23. The highest BCUT2D eigenvalue weighted by Crippen LogP contribution is 2.35. The molecule has 0 unspecified atom stereocenters. The number of piperazine rings is 1. The van der Waals surface area contributed by atoms with Crippen LogP contribution in [0.2, 0.25) is 10.0 Å². The average molecular weight is 487 g/mol. The molecule has 3 aromatic rings. The van der Waals surface area contributed by atoms with Gasteiger partial charge in [-0.15, -0.1) is 10.2 Å². The Balaban J connectivity index is 1.15. The summed E-state index contributed by atoms with van der Waals surface area (Å²) in [5.74, 6) is 2.51. The van der Waals surface area contributed by atoms with Gasteiger partial charge in [0.05, 0.1) is 10.7 Å². The Morgan fingerprint density at radius 2 is 1.76 bits per heavy atom. The van der Waals surface area contributed by atoms with E-state index in [1.807, 2.05) is 30.3 Å². The maximum atomic E-state index is 12.6. The minimum Gasteiger partial charge on any atom is -0.482 e. The molecular formula is C23H20Cl2N4O4. The number of ether oxygens (including phenoxy) is 3. The Morgan fingerprint density at radius 1 is 0.939 bits per heavy atom. The highest BCUT2D eigenvalue weighted by Gasteiger charge is 2.23. The van der Waals surface area contributed by atoms with E-state index >= 15 is 0 Å². The van der Waals surface area contributed by atoms with E-state index in [-0.39, 0.29) is 19.3 Å². The minimum absolute atomic E-state index is 0.0932. The largest absolute Gasteiger partial charge is 0.482 e. The zero-order valence-electron chi connectivity index (χ0n) is 17.5. The number of fused-ring (bicyclic) bond motifs is 1. The number of nitrogens with zero attached hydrogens (tertiary/aromatic N) is 4. The molecule has 0 radical (unpaired) electrons. The average Bonchev–Trinajstić information content (AvgIpc) is 3.33. The Bertz CT molecular complexity index is 1170. The van der Waals surface area contributed by atoms with Crippen LogP contribution in [-0.4, -0.2) is 60.6 Å². The van der Waals surface area contributed by atoms with Crippen molar-refractivity contribution in [3.63, 3.8) is 0 Å². The summed E-state index contributed by atoms with van der Waals surface area (Å²) in [6.45, 7) is 2.58. The van der Waals surface area contributed by atoms with Crippen LogP contribution in [0.5, 0.6) is 17.2 Å². The van der Waals surface area contributed by atoms with Crippen LogP contribution in [0.25, 0.3) is 11.3 Å². The van der Waals surface area contributed by atoms with Crippen molar-refractivity contribution >= 4 is 34.9 Å². The maximum absolute atomic E-state index is 12.6. The van der Waals surface area contributed by atoms with Gasteiger partial charge in [0, 0.05) is 42.8 Å². The number of carbonyl (C=O) groups is 1. The second-order valence-corrected chi connectivity index (χ2v) is 8.42. The first kappa shape index (κ1) is 21.6. The van der Waals surface area contributed by atoms with Crippen molar-refractivity contribution < 1.29 is 19.0 Å². The molecule has 2 aromatic carbocycles. The molecule has 2 aliphatic heterocycles. The Kier molecular flexibility index (Phi) is 6.11. The third-order valence-corrected chi connectivity index (χ3v) is 6.07. The summed E-state index contributed by atoms with van der Waals surface area (Å²) in [5, 5.41) is 9.67. The second-order valence-electron chi connectivity index (χ2n) is 7.58. The molecule has 3 heterocycles. The fourth-order valence-electron chi connectivity index (χ4n) is 3.71. The van der Waals surface area contributed by atoms with E-state index in [0.717, 1.165) is 22.8 Å². The number of rotatable bonds is 5. The SMILES string of the molecule is O=C(COc1cc(Cl)ccc1Cl)N1CCN(c2ccc(-c3ccc4c(c3)OCO4)nn2)CC1. The highest BCUT2D eigenvalue weighted by molar-refractivity contribution is 6.34. The van der Waals surface area contributed by atoms with Crippen LogP contribution in [0.15, 0.2) is 48.5 Å². The summed E-state index contributed by atoms with van der Waals surface area (Å²) < 4.78 is 16.3. The molecular weight excluding hydrogens is 467 g/mol. The summed E-state index contributed by atoms with van der Waals surface area (Å²) in [6, 6.07) is 14.5. The number of benzene rings is 2. The third kappa shape index (κ3) is 4.77. The molecule has 0 atom stereocenters. The lowest BCUT2D eigenvalue weighted by molar-refractivity contribution is -0.133. The lowest BCUT2D eigenvalue weighted by Crippen LogP contribution is -2.50. The normalized spacial score (nSPS) is 15.0. The third-order valence-electron chi connectivity index (χ3n) is 5.52. The summed E-state index contributed by atoms with van der Waals surface area (Å²) in [4.78, 5) is 16.4. The number of hydrogen-bond acceptors (Lipinski definition) is 7. The van der Waals surface area contributed by atoms with Crippen molar-refractivity contribution in [1.29, 1.82) is 0 Å². The Labute approximate surface area is 200 Å². The van der Waals surface area contributed by atoms with Crippen LogP contribution in [0.4, 0.5) is 5.82 Å². The number of aromatic nitrogens is 2. The molecule has 0 spiro atoms. The molecule has 5 rings (SSSR count). The first-order valence-corrected chi connectivity index (χ1v) is 11.2. The van der Waals surface area contributed by atoms with Crippen LogP contribution >= 0.6 is 23.2 Å². The number of halogens is 2. The summed E-state index contributed by atoms with van der Waals surface area (Å²) in [7, 11) is 0. The topological polar surface area (TPSA) is 77.0 Å². The highest BCUT2D eigenvalue weighted by atomic mass is 35.5. The van der Waals surface area contributed by atoms with Gasteiger partial charge in [-0.1, -0.05) is 23.2 Å². The number of carbonyl (C=O) groups excluding carboxylic acids is 1. The molecule has 1 aromatic heterocycles. The predicted molar refractivity (Wildman–Crippen MR) is 124 cm³/mol. The molecule has 10 heteroatoms. The maximum Gasteiger partial charge on any atom is 0.260 e. The lowest BCUT2D eigenvalue weighted by Gasteiger charge is -2.35. The molecule has 0 aliphatic carbocycles. The van der Waals surface area contributed by atoms with Gasteiger partial charge in [-0.2, -0.15) is 0 Å². The smallest absolute Gasteiger partial charge is 0.260 e. The molecule has 33 heavy (non-hydrogen) atoms. The first-order chi connectivity index (χ1) is 16.1. The zero-order chi connectivity index (χ0) is 22.8. The monoisotopic (exact) mass is 486 g/mol. The van der Waals surface area contributed by atoms with E-state index in [0.29, 0.717) is 47.7 Å². The number of amides is 1. The van der Waals surface area contributed by atoms with Gasteiger partial charge in [-0.05, 0) is 42.5 Å². The van der Waals surface area contributed by atoms with Crippen molar-refractivity contribution in [2.45, 2.75) is 0 Å². The van der Waals surface area contributed by atoms with Gasteiger partial charge in [0.15, 0.2) is 23.9 Å². The van der Waals surface area contributed by atoms with E-state index in [9.17, 15) is 4.79 Å². The van der Waals surface area contributed by atoms with Gasteiger partial charge in [-0.3, -0.25) is 4.79 Å². The van der Waals surface area contributed by atoms with Gasteiger partial charge in [-0.25, -0.2) is 0 Å². The van der Waals surface area contributed by atoms with Gasteiger partial charge < -0.3 is 24.0 Å². The molecule has 170 valence electrons. The predicted octanol–water partition coefficient (Wildman–Crippen LogP) is 3.91. The summed E-state index contributed by atoms with van der Waals surface area (Å²) in [5.41, 5.74) is 1.66. The standard InChI is InChI=1S/C23H20Cl2N4O4/c24-16-2-3-17(25)20(12-16)31-13-23(30)29-9-7-28(8-10-29)22-6-4-18(26-27-22)15-1-5-19-21(11-15)33-14-32-19/h1-6,11-12H,7-10,13-14H2. The minimum atomic E-state index is -0.102. The molecule has 0 saturated carbocycles. The van der Waals surface area contributed by atoms with Crippen LogP contribution in [0.1, 0.15) is 0 Å². The van der Waals surface area contributed by atoms with E-state index in [1.54, 1.807) is 23.1 Å². The molecule has 0 bridgehead atoms. The van der Waals surface area contributed by atoms with Crippen molar-refractivity contribution in [3.05, 3.63) is 58.6 Å². The number of hydrogen-bond donors (Lipinski definition) is 0. The molecule has 1 saturated heterocycles. The van der Waals surface area contributed by atoms with Crippen LogP contribution in [0.3, 0.4) is 0 Å². The van der Waals surface area contributed by atoms with Crippen molar-refractivity contribution in [1.82, 2.24) is 15.1 Å². The van der Waals surface area contributed by atoms with Gasteiger partial charge in [0.25, 0.3) is 5.91 Å². The quantitative estimate of drug-likeness (QED) is 0.540. The fraction of sp³-hybridized carbons (Fsp3) is 0.261. The van der Waals surface area contributed by atoms with Crippen LogP contribution < -0.4 is 19.1 Å². The molecule has 1 amide bonds. The Morgan fingerprint density at radius 3 is 2.55 bits per heavy atom. The van der Waals surface area contributed by atoms with Crippen LogP contribution in [-0.2, 0) is 4.79 Å². The first-order valence-electron chi connectivity index (χ1n) is 10.4. The zero-order valence-corrected chi connectivity index (χ0v) is 19.1. The van der Waals surface area contributed by atoms with Crippen molar-refractivity contribution in [2.24, 2.45) is 0 Å². The molecule has 2 aliphatic rings. The molecule has 8 nitrogen and oxygen atoms in total. The van der Waals surface area contributed by atoms with E-state index in [1.165, 1.54) is 0 Å². The lowest BCUT2D eigenvalue weighted by atomic mass is 10.1. The van der Waals surface area contributed by atoms with Gasteiger partial charge >= 0.3 is 0 Å². The van der Waals surface area contributed by atoms with Crippen LogP contribution in [0, 0.1) is 0 Å². The van der Waals surface area contributed by atoms with E-state index < -0.39 is 0 Å². The number of anilines is 1. The fourth-order valence-corrected chi connectivity index (χ4v) is 4.04. The van der Waals surface area contributed by atoms with E-state index in [2.05, 4.69) is 15.1 Å². The van der Waals surface area contributed by atoms with Crippen molar-refractivity contribution in [2.75, 3.05) is 44.5 Å². The van der Waals surface area contributed by atoms with Gasteiger partial charge in [0.2, 0.25) is 6.79 Å².